The Morgan fingerprint density at radius 1 is 0.549 bits per heavy atom. The number of aromatic nitrogens is 1. The third kappa shape index (κ3) is 5.11. The van der Waals surface area contributed by atoms with Crippen LogP contribution in [0.15, 0.2) is 176 Å². The van der Waals surface area contributed by atoms with E-state index in [0.29, 0.717) is 0 Å². The lowest BCUT2D eigenvalue weighted by Crippen LogP contribution is -2.39. The highest BCUT2D eigenvalue weighted by molar-refractivity contribution is 6.28. The summed E-state index contributed by atoms with van der Waals surface area (Å²) >= 11 is 0. The molecule has 2 aliphatic rings. The quantitative estimate of drug-likeness (QED) is 0.173. The SMILES string of the molecule is C1=CC(c2ccc(C3=CC(c4ccc(-n5c6ccc7ccccc7c6c6c7ccccc7ccc65)cc4)NC(c4ccccc4)N3)cc2)=CNC1. The molecule has 7 aromatic carbocycles. The predicted octanol–water partition coefficient (Wildman–Crippen LogP) is 10.6. The van der Waals surface area contributed by atoms with Gasteiger partial charge in [0, 0.05) is 34.9 Å². The maximum absolute atomic E-state index is 3.88. The maximum Gasteiger partial charge on any atom is 0.104 e. The zero-order chi connectivity index (χ0) is 33.7. The smallest absolute Gasteiger partial charge is 0.104 e. The molecule has 3 heterocycles. The topological polar surface area (TPSA) is 41.0 Å². The number of dihydropyridines is 1. The van der Waals surface area contributed by atoms with E-state index >= 15 is 0 Å². The summed E-state index contributed by atoms with van der Waals surface area (Å²) < 4.78 is 2.44. The van der Waals surface area contributed by atoms with E-state index in [2.05, 4.69) is 197 Å². The number of nitrogens with one attached hydrogen (secondary N) is 3. The molecule has 0 fully saturated rings. The van der Waals surface area contributed by atoms with Crippen LogP contribution in [0.25, 0.3) is 60.3 Å². The van der Waals surface area contributed by atoms with Crippen LogP contribution < -0.4 is 16.0 Å². The van der Waals surface area contributed by atoms with Gasteiger partial charge in [-0.1, -0.05) is 140 Å². The Morgan fingerprint density at radius 2 is 1.18 bits per heavy atom. The van der Waals surface area contributed by atoms with Crippen molar-refractivity contribution < 1.29 is 0 Å². The van der Waals surface area contributed by atoms with Crippen LogP contribution in [0.3, 0.4) is 0 Å². The Balaban J connectivity index is 1.07. The minimum absolute atomic E-state index is 0.0133. The van der Waals surface area contributed by atoms with Gasteiger partial charge in [-0.05, 0) is 79.7 Å². The van der Waals surface area contributed by atoms with Crippen molar-refractivity contribution in [2.45, 2.75) is 12.2 Å². The molecule has 51 heavy (non-hydrogen) atoms. The van der Waals surface area contributed by atoms with E-state index in [1.54, 1.807) is 0 Å². The van der Waals surface area contributed by atoms with E-state index in [1.807, 2.05) is 0 Å². The summed E-state index contributed by atoms with van der Waals surface area (Å²) in [5, 5.41) is 18.7. The maximum atomic E-state index is 3.88. The van der Waals surface area contributed by atoms with Crippen molar-refractivity contribution >= 4 is 54.6 Å². The molecule has 0 aliphatic carbocycles. The number of hydrogen-bond acceptors (Lipinski definition) is 3. The molecule has 8 aromatic rings. The molecular weight excluding hydrogens is 621 g/mol. The van der Waals surface area contributed by atoms with E-state index in [1.165, 1.54) is 71.2 Å². The second kappa shape index (κ2) is 12.2. The molecule has 10 rings (SSSR count). The van der Waals surface area contributed by atoms with Gasteiger partial charge in [0.2, 0.25) is 0 Å². The Hall–Kier alpha value is -6.36. The largest absolute Gasteiger partial charge is 0.387 e. The number of nitrogens with zero attached hydrogens (tertiary/aromatic N) is 1. The third-order valence-electron chi connectivity index (χ3n) is 10.5. The van der Waals surface area contributed by atoms with Gasteiger partial charge < -0.3 is 15.2 Å². The van der Waals surface area contributed by atoms with Gasteiger partial charge in [0.25, 0.3) is 0 Å². The molecule has 0 saturated heterocycles. The molecule has 0 radical (unpaired) electrons. The molecule has 2 unspecified atom stereocenters. The molecule has 2 atom stereocenters. The highest BCUT2D eigenvalue weighted by Gasteiger charge is 2.25. The van der Waals surface area contributed by atoms with Crippen LogP contribution in [0.4, 0.5) is 0 Å². The summed E-state index contributed by atoms with van der Waals surface area (Å²) in [4.78, 5) is 0. The molecule has 244 valence electrons. The lowest BCUT2D eigenvalue weighted by molar-refractivity contribution is 0.442. The van der Waals surface area contributed by atoms with Gasteiger partial charge in [-0.15, -0.1) is 0 Å². The summed E-state index contributed by atoms with van der Waals surface area (Å²) in [6.07, 6.45) is 8.71. The second-order valence-electron chi connectivity index (χ2n) is 13.5. The van der Waals surface area contributed by atoms with Crippen molar-refractivity contribution in [1.82, 2.24) is 20.5 Å². The zero-order valence-electron chi connectivity index (χ0n) is 28.1. The number of hydrogen-bond donors (Lipinski definition) is 3. The first-order valence-corrected chi connectivity index (χ1v) is 17.7. The van der Waals surface area contributed by atoms with Gasteiger partial charge in [-0.25, -0.2) is 0 Å². The summed E-state index contributed by atoms with van der Waals surface area (Å²) in [6, 6.07) is 55.2. The fourth-order valence-corrected chi connectivity index (χ4v) is 7.99. The van der Waals surface area contributed by atoms with Crippen LogP contribution >= 0.6 is 0 Å². The van der Waals surface area contributed by atoms with E-state index < -0.39 is 0 Å². The standard InChI is InChI=1S/C47H36N4/c1-2-11-36(12-3-1)47-49-41(34-18-16-31(17-19-34)37-13-8-28-48-30-37)29-42(50-47)35-20-24-38(25-21-35)51-43-26-22-32-9-4-6-14-39(32)45(43)46-40-15-7-5-10-33(40)23-27-44(46)51/h1-27,29-30,42,47-50H,28H2. The van der Waals surface area contributed by atoms with E-state index in [4.69, 9.17) is 0 Å². The Bertz CT molecular complexity index is 2590. The Labute approximate surface area is 297 Å². The second-order valence-corrected chi connectivity index (χ2v) is 13.5. The average Bonchev–Trinajstić information content (AvgIpc) is 3.57. The van der Waals surface area contributed by atoms with Crippen LogP contribution in [0.1, 0.15) is 34.5 Å². The molecule has 0 amide bonds. The summed E-state index contributed by atoms with van der Waals surface area (Å²) in [5.41, 5.74) is 10.7. The first-order valence-electron chi connectivity index (χ1n) is 17.7. The third-order valence-corrected chi connectivity index (χ3v) is 10.5. The number of benzene rings is 7. The number of allylic oxidation sites excluding steroid dienone is 2. The minimum Gasteiger partial charge on any atom is -0.387 e. The highest BCUT2D eigenvalue weighted by Crippen LogP contribution is 2.41. The van der Waals surface area contributed by atoms with Gasteiger partial charge in [0.1, 0.15) is 6.17 Å². The molecule has 4 heteroatoms. The Kier molecular flexibility index (Phi) is 7.07. The van der Waals surface area contributed by atoms with Gasteiger partial charge >= 0.3 is 0 Å². The Morgan fingerprint density at radius 3 is 1.82 bits per heavy atom. The van der Waals surface area contributed by atoms with Crippen LogP contribution in [-0.4, -0.2) is 11.1 Å². The van der Waals surface area contributed by atoms with Crippen molar-refractivity contribution in [2.75, 3.05) is 6.54 Å². The highest BCUT2D eigenvalue weighted by atomic mass is 15.2. The van der Waals surface area contributed by atoms with E-state index in [9.17, 15) is 0 Å². The molecule has 0 bridgehead atoms. The van der Waals surface area contributed by atoms with Crippen LogP contribution in [-0.2, 0) is 0 Å². The normalized spacial score (nSPS) is 17.3. The number of fused-ring (bicyclic) bond motifs is 7. The van der Waals surface area contributed by atoms with Crippen LogP contribution in [0.5, 0.6) is 0 Å². The number of rotatable bonds is 5. The lowest BCUT2D eigenvalue weighted by Gasteiger charge is -2.33. The van der Waals surface area contributed by atoms with Crippen LogP contribution in [0.2, 0.25) is 0 Å². The first-order chi connectivity index (χ1) is 25.3. The van der Waals surface area contributed by atoms with E-state index in [0.717, 1.165) is 17.9 Å². The molecule has 1 aromatic heterocycles. The van der Waals surface area contributed by atoms with Crippen molar-refractivity contribution in [3.63, 3.8) is 0 Å². The fraction of sp³-hybridized carbons (Fsp3) is 0.0638. The van der Waals surface area contributed by atoms with Gasteiger partial charge in [0.15, 0.2) is 0 Å². The zero-order valence-corrected chi connectivity index (χ0v) is 28.1. The van der Waals surface area contributed by atoms with Crippen LogP contribution in [0, 0.1) is 0 Å². The van der Waals surface area contributed by atoms with Gasteiger partial charge in [0.05, 0.1) is 17.1 Å². The average molecular weight is 657 g/mol. The molecule has 0 spiro atoms. The molecular formula is C47H36N4. The minimum atomic E-state index is -0.0392. The molecule has 3 N–H and O–H groups in total. The summed E-state index contributed by atoms with van der Waals surface area (Å²) in [5.74, 6) is 0. The monoisotopic (exact) mass is 656 g/mol. The molecule has 4 nitrogen and oxygen atoms in total. The molecule has 0 saturated carbocycles. The van der Waals surface area contributed by atoms with Crippen molar-refractivity contribution in [3.05, 3.63) is 198 Å². The van der Waals surface area contributed by atoms with E-state index in [-0.39, 0.29) is 12.2 Å². The van der Waals surface area contributed by atoms with Crippen molar-refractivity contribution in [3.8, 4) is 5.69 Å². The van der Waals surface area contributed by atoms with Gasteiger partial charge in [-0.3, -0.25) is 5.32 Å². The van der Waals surface area contributed by atoms with Gasteiger partial charge in [-0.2, -0.15) is 0 Å². The molecule has 2 aliphatic heterocycles. The lowest BCUT2D eigenvalue weighted by atomic mass is 9.97. The van der Waals surface area contributed by atoms with Crippen molar-refractivity contribution in [2.24, 2.45) is 0 Å². The van der Waals surface area contributed by atoms with Crippen molar-refractivity contribution in [1.29, 1.82) is 0 Å². The summed E-state index contributed by atoms with van der Waals surface area (Å²) in [7, 11) is 0. The fourth-order valence-electron chi connectivity index (χ4n) is 7.99. The first kappa shape index (κ1) is 29.5. The predicted molar refractivity (Wildman–Crippen MR) is 214 cm³/mol. The summed E-state index contributed by atoms with van der Waals surface area (Å²) in [6.45, 7) is 0.877.